The van der Waals surface area contributed by atoms with Crippen LogP contribution < -0.4 is 10.6 Å². The van der Waals surface area contributed by atoms with Gasteiger partial charge in [-0.1, -0.05) is 46.2 Å². The summed E-state index contributed by atoms with van der Waals surface area (Å²) in [6.07, 6.45) is 1.81. The van der Waals surface area contributed by atoms with Crippen molar-refractivity contribution in [2.45, 2.75) is 52.5 Å². The van der Waals surface area contributed by atoms with Gasteiger partial charge in [-0.25, -0.2) is 0 Å². The maximum absolute atomic E-state index is 12.0. The van der Waals surface area contributed by atoms with Crippen LogP contribution >= 0.6 is 0 Å². The Bertz CT molecular complexity index is 514. The third-order valence-electron chi connectivity index (χ3n) is 4.34. The van der Waals surface area contributed by atoms with Crippen molar-refractivity contribution < 1.29 is 14.7 Å². The van der Waals surface area contributed by atoms with E-state index in [1.807, 2.05) is 38.1 Å². The zero-order valence-corrected chi connectivity index (χ0v) is 14.4. The predicted octanol–water partition coefficient (Wildman–Crippen LogP) is 3.23. The van der Waals surface area contributed by atoms with E-state index in [-0.39, 0.29) is 18.4 Å². The molecule has 3 N–H and O–H groups in total. The highest BCUT2D eigenvalue weighted by Crippen LogP contribution is 2.20. The van der Waals surface area contributed by atoms with Crippen LogP contribution in [0.1, 0.15) is 52.0 Å². The predicted molar refractivity (Wildman–Crippen MR) is 92.7 cm³/mol. The number of carboxylic acids is 1. The monoisotopic (exact) mass is 320 g/mol. The van der Waals surface area contributed by atoms with Gasteiger partial charge in [0.2, 0.25) is 5.91 Å². The third kappa shape index (κ3) is 6.02. The SMILES string of the molecule is CCC(C)c1ccc(NC(=O)CN[C@H](C(=O)O)[C@@H](C)CC)cc1. The van der Waals surface area contributed by atoms with Crippen molar-refractivity contribution in [2.24, 2.45) is 5.92 Å². The number of benzene rings is 1. The Labute approximate surface area is 138 Å². The highest BCUT2D eigenvalue weighted by molar-refractivity contribution is 5.92. The number of rotatable bonds is 9. The van der Waals surface area contributed by atoms with Crippen LogP contribution in [0.3, 0.4) is 0 Å². The second-order valence-corrected chi connectivity index (χ2v) is 6.06. The van der Waals surface area contributed by atoms with Gasteiger partial charge in [-0.3, -0.25) is 14.9 Å². The molecule has 0 saturated carbocycles. The van der Waals surface area contributed by atoms with Crippen molar-refractivity contribution in [1.82, 2.24) is 5.32 Å². The van der Waals surface area contributed by atoms with Gasteiger partial charge in [0.1, 0.15) is 6.04 Å². The first-order valence-corrected chi connectivity index (χ1v) is 8.25. The summed E-state index contributed by atoms with van der Waals surface area (Å²) >= 11 is 0. The van der Waals surface area contributed by atoms with Gasteiger partial charge in [0, 0.05) is 5.69 Å². The zero-order chi connectivity index (χ0) is 17.4. The molecule has 1 aromatic carbocycles. The fourth-order valence-electron chi connectivity index (χ4n) is 2.31. The van der Waals surface area contributed by atoms with Gasteiger partial charge in [0.15, 0.2) is 0 Å². The van der Waals surface area contributed by atoms with Crippen LogP contribution in [0.5, 0.6) is 0 Å². The van der Waals surface area contributed by atoms with Crippen molar-refractivity contribution in [2.75, 3.05) is 11.9 Å². The number of amides is 1. The molecule has 5 nitrogen and oxygen atoms in total. The maximum Gasteiger partial charge on any atom is 0.320 e. The molecule has 0 bridgehead atoms. The average Bonchev–Trinajstić information content (AvgIpc) is 2.54. The van der Waals surface area contributed by atoms with E-state index in [4.69, 9.17) is 0 Å². The molecule has 0 aliphatic rings. The topological polar surface area (TPSA) is 78.4 Å². The Morgan fingerprint density at radius 1 is 1.09 bits per heavy atom. The zero-order valence-electron chi connectivity index (χ0n) is 14.4. The summed E-state index contributed by atoms with van der Waals surface area (Å²) in [6, 6.07) is 7.07. The number of nitrogens with one attached hydrogen (secondary N) is 2. The minimum absolute atomic E-state index is 0.0194. The standard InChI is InChI=1S/C18H28N2O3/c1-5-12(3)14-7-9-15(10-8-14)20-16(21)11-19-17(18(22)23)13(4)6-2/h7-10,12-13,17,19H,5-6,11H2,1-4H3,(H,20,21)(H,22,23)/t12?,13-,17-/m0/s1. The normalized spacial score (nSPS) is 14.8. The van der Waals surface area contributed by atoms with Gasteiger partial charge in [-0.05, 0) is 36.0 Å². The Morgan fingerprint density at radius 3 is 2.17 bits per heavy atom. The lowest BCUT2D eigenvalue weighted by Crippen LogP contribution is -2.45. The van der Waals surface area contributed by atoms with Crippen molar-refractivity contribution in [1.29, 1.82) is 0 Å². The minimum Gasteiger partial charge on any atom is -0.480 e. The van der Waals surface area contributed by atoms with Gasteiger partial charge < -0.3 is 10.4 Å². The van der Waals surface area contributed by atoms with Gasteiger partial charge in [-0.2, -0.15) is 0 Å². The van der Waals surface area contributed by atoms with Crippen LogP contribution in [-0.2, 0) is 9.59 Å². The molecule has 0 heterocycles. The summed E-state index contributed by atoms with van der Waals surface area (Å²) < 4.78 is 0. The summed E-state index contributed by atoms with van der Waals surface area (Å²) in [5, 5.41) is 14.8. The number of carboxylic acid groups (broad SMARTS) is 1. The average molecular weight is 320 g/mol. The second kappa shape index (κ2) is 9.30. The molecule has 0 aliphatic heterocycles. The fraction of sp³-hybridized carbons (Fsp3) is 0.556. The molecule has 3 atom stereocenters. The summed E-state index contributed by atoms with van der Waals surface area (Å²) in [6.45, 7) is 8.08. The van der Waals surface area contributed by atoms with E-state index in [9.17, 15) is 14.7 Å². The second-order valence-electron chi connectivity index (χ2n) is 6.06. The third-order valence-corrected chi connectivity index (χ3v) is 4.34. The van der Waals surface area contributed by atoms with E-state index in [0.29, 0.717) is 5.92 Å². The van der Waals surface area contributed by atoms with Gasteiger partial charge in [0.05, 0.1) is 6.54 Å². The molecular weight excluding hydrogens is 292 g/mol. The molecule has 0 fully saturated rings. The molecule has 1 aromatic rings. The van der Waals surface area contributed by atoms with E-state index in [0.717, 1.165) is 18.5 Å². The van der Waals surface area contributed by atoms with Crippen LogP contribution in [0, 0.1) is 5.92 Å². The van der Waals surface area contributed by atoms with E-state index >= 15 is 0 Å². The van der Waals surface area contributed by atoms with Crippen LogP contribution in [0.2, 0.25) is 0 Å². The first kappa shape index (κ1) is 19.2. The lowest BCUT2D eigenvalue weighted by Gasteiger charge is -2.19. The molecule has 0 saturated heterocycles. The van der Waals surface area contributed by atoms with Crippen molar-refractivity contribution in [3.63, 3.8) is 0 Å². The Kier molecular flexibility index (Phi) is 7.75. The summed E-state index contributed by atoms with van der Waals surface area (Å²) in [4.78, 5) is 23.2. The van der Waals surface area contributed by atoms with E-state index in [1.165, 1.54) is 5.56 Å². The first-order chi connectivity index (χ1) is 10.9. The molecule has 0 radical (unpaired) electrons. The first-order valence-electron chi connectivity index (χ1n) is 8.25. The Hall–Kier alpha value is -1.88. The van der Waals surface area contributed by atoms with Gasteiger partial charge in [0.25, 0.3) is 0 Å². The van der Waals surface area contributed by atoms with E-state index < -0.39 is 12.0 Å². The van der Waals surface area contributed by atoms with E-state index in [2.05, 4.69) is 24.5 Å². The largest absolute Gasteiger partial charge is 0.480 e. The molecule has 1 amide bonds. The molecule has 0 spiro atoms. The molecule has 128 valence electrons. The molecule has 0 aliphatic carbocycles. The number of carbonyl (C=O) groups is 2. The summed E-state index contributed by atoms with van der Waals surface area (Å²) in [5.74, 6) is -0.704. The lowest BCUT2D eigenvalue weighted by molar-refractivity contribution is -0.140. The molecule has 5 heteroatoms. The summed E-state index contributed by atoms with van der Waals surface area (Å²) in [5.41, 5.74) is 1.96. The van der Waals surface area contributed by atoms with Crippen molar-refractivity contribution >= 4 is 17.6 Å². The van der Waals surface area contributed by atoms with Crippen LogP contribution in [-0.4, -0.2) is 29.6 Å². The number of anilines is 1. The molecular formula is C18H28N2O3. The Morgan fingerprint density at radius 2 is 1.70 bits per heavy atom. The number of carbonyl (C=O) groups excluding carboxylic acids is 1. The van der Waals surface area contributed by atoms with Crippen molar-refractivity contribution in [3.8, 4) is 0 Å². The van der Waals surface area contributed by atoms with Gasteiger partial charge in [-0.15, -0.1) is 0 Å². The number of hydrogen-bond acceptors (Lipinski definition) is 3. The van der Waals surface area contributed by atoms with Crippen molar-refractivity contribution in [3.05, 3.63) is 29.8 Å². The van der Waals surface area contributed by atoms with Crippen LogP contribution in [0.4, 0.5) is 5.69 Å². The highest BCUT2D eigenvalue weighted by Gasteiger charge is 2.23. The fourth-order valence-corrected chi connectivity index (χ4v) is 2.31. The molecule has 23 heavy (non-hydrogen) atoms. The number of hydrogen-bond donors (Lipinski definition) is 3. The van der Waals surface area contributed by atoms with Crippen LogP contribution in [0.25, 0.3) is 0 Å². The lowest BCUT2D eigenvalue weighted by atomic mass is 9.98. The van der Waals surface area contributed by atoms with E-state index in [1.54, 1.807) is 0 Å². The molecule has 1 unspecified atom stereocenters. The van der Waals surface area contributed by atoms with Crippen LogP contribution in [0.15, 0.2) is 24.3 Å². The maximum atomic E-state index is 12.0. The summed E-state index contributed by atoms with van der Waals surface area (Å²) in [7, 11) is 0. The smallest absolute Gasteiger partial charge is 0.320 e. The highest BCUT2D eigenvalue weighted by atomic mass is 16.4. The quantitative estimate of drug-likeness (QED) is 0.653. The molecule has 1 rings (SSSR count). The molecule has 0 aromatic heterocycles. The number of aliphatic carboxylic acids is 1. The van der Waals surface area contributed by atoms with Gasteiger partial charge >= 0.3 is 5.97 Å². The Balaban J connectivity index is 2.54. The minimum atomic E-state index is -0.926.